The maximum absolute atomic E-state index is 12.8. The highest BCUT2D eigenvalue weighted by Crippen LogP contribution is 2.38. The van der Waals surface area contributed by atoms with Gasteiger partial charge in [-0.2, -0.15) is 0 Å². The second-order valence-corrected chi connectivity index (χ2v) is 8.05. The summed E-state index contributed by atoms with van der Waals surface area (Å²) in [4.78, 5) is 19.3. The van der Waals surface area contributed by atoms with E-state index in [-0.39, 0.29) is 24.4 Å². The SMILES string of the molecule is O=C(CCN1C(=S)N[C@@H](c2ccccn2)[C@@H]1c1ccco1)Nc1cccc2ccccc12. The van der Waals surface area contributed by atoms with Crippen LogP contribution in [0.25, 0.3) is 10.8 Å². The van der Waals surface area contributed by atoms with Crippen LogP contribution >= 0.6 is 12.2 Å². The summed E-state index contributed by atoms with van der Waals surface area (Å²) in [6.45, 7) is 0.455. The third-order valence-corrected chi connectivity index (χ3v) is 6.03. The van der Waals surface area contributed by atoms with Gasteiger partial charge in [-0.25, -0.2) is 0 Å². The summed E-state index contributed by atoms with van der Waals surface area (Å²) in [5.74, 6) is 0.714. The van der Waals surface area contributed by atoms with Gasteiger partial charge < -0.3 is 20.0 Å². The first-order valence-corrected chi connectivity index (χ1v) is 10.9. The molecule has 1 aliphatic rings. The lowest BCUT2D eigenvalue weighted by Crippen LogP contribution is -2.32. The molecule has 2 aromatic heterocycles. The molecule has 0 aliphatic carbocycles. The summed E-state index contributed by atoms with van der Waals surface area (Å²) in [6.07, 6.45) is 3.70. The monoisotopic (exact) mass is 442 g/mol. The third-order valence-electron chi connectivity index (χ3n) is 5.68. The van der Waals surface area contributed by atoms with Crippen molar-refractivity contribution in [2.24, 2.45) is 0 Å². The molecule has 1 aliphatic heterocycles. The van der Waals surface area contributed by atoms with E-state index in [2.05, 4.69) is 15.6 Å². The van der Waals surface area contributed by atoms with Crippen molar-refractivity contribution in [1.82, 2.24) is 15.2 Å². The van der Waals surface area contributed by atoms with Gasteiger partial charge in [-0.15, -0.1) is 0 Å². The van der Waals surface area contributed by atoms with Crippen LogP contribution in [-0.4, -0.2) is 27.4 Å². The van der Waals surface area contributed by atoms with Crippen LogP contribution < -0.4 is 10.6 Å². The predicted molar refractivity (Wildman–Crippen MR) is 128 cm³/mol. The van der Waals surface area contributed by atoms with E-state index in [1.807, 2.05) is 77.7 Å². The zero-order valence-electron chi connectivity index (χ0n) is 17.3. The minimum atomic E-state index is -0.183. The second kappa shape index (κ2) is 8.80. The van der Waals surface area contributed by atoms with Gasteiger partial charge in [0, 0.05) is 30.2 Å². The van der Waals surface area contributed by atoms with Gasteiger partial charge in [0.15, 0.2) is 5.11 Å². The summed E-state index contributed by atoms with van der Waals surface area (Å²) < 4.78 is 5.73. The van der Waals surface area contributed by atoms with Gasteiger partial charge in [0.2, 0.25) is 5.91 Å². The Kier molecular flexibility index (Phi) is 5.56. The smallest absolute Gasteiger partial charge is 0.226 e. The lowest BCUT2D eigenvalue weighted by atomic mass is 10.0. The van der Waals surface area contributed by atoms with Crippen molar-refractivity contribution in [1.29, 1.82) is 0 Å². The minimum absolute atomic E-state index is 0.0661. The van der Waals surface area contributed by atoms with Crippen LogP contribution in [0.5, 0.6) is 0 Å². The van der Waals surface area contributed by atoms with Crippen molar-refractivity contribution in [3.05, 3.63) is 96.7 Å². The van der Waals surface area contributed by atoms with Gasteiger partial charge in [-0.05, 0) is 47.9 Å². The van der Waals surface area contributed by atoms with Crippen molar-refractivity contribution in [2.45, 2.75) is 18.5 Å². The van der Waals surface area contributed by atoms with Crippen molar-refractivity contribution in [2.75, 3.05) is 11.9 Å². The Morgan fingerprint density at radius 3 is 2.72 bits per heavy atom. The Morgan fingerprint density at radius 1 is 1.06 bits per heavy atom. The molecule has 1 saturated heterocycles. The molecule has 2 N–H and O–H groups in total. The molecular weight excluding hydrogens is 420 g/mol. The molecule has 4 aromatic rings. The van der Waals surface area contributed by atoms with Gasteiger partial charge in [0.05, 0.1) is 18.0 Å². The maximum atomic E-state index is 12.8. The summed E-state index contributed by atoms with van der Waals surface area (Å²) in [6, 6.07) is 23.1. The molecule has 0 unspecified atom stereocenters. The van der Waals surface area contributed by atoms with E-state index in [0.29, 0.717) is 11.7 Å². The molecule has 0 spiro atoms. The molecule has 32 heavy (non-hydrogen) atoms. The number of carbonyl (C=O) groups excluding carboxylic acids is 1. The Labute approximate surface area is 191 Å². The molecule has 2 aromatic carbocycles. The van der Waals surface area contributed by atoms with Crippen molar-refractivity contribution < 1.29 is 9.21 Å². The molecule has 160 valence electrons. The number of thiocarbonyl (C=S) groups is 1. The molecule has 0 radical (unpaired) electrons. The van der Waals surface area contributed by atoms with E-state index >= 15 is 0 Å². The highest BCUT2D eigenvalue weighted by Gasteiger charge is 2.41. The van der Waals surface area contributed by atoms with Crippen molar-refractivity contribution in [3.8, 4) is 0 Å². The summed E-state index contributed by atoms with van der Waals surface area (Å²) >= 11 is 5.63. The Balaban J connectivity index is 1.33. The molecule has 6 nitrogen and oxygen atoms in total. The molecule has 1 amide bonds. The van der Waals surface area contributed by atoms with Crippen LogP contribution in [0.15, 0.2) is 89.7 Å². The highest BCUT2D eigenvalue weighted by atomic mass is 32.1. The largest absolute Gasteiger partial charge is 0.467 e. The van der Waals surface area contributed by atoms with Gasteiger partial charge in [0.1, 0.15) is 11.8 Å². The van der Waals surface area contributed by atoms with Crippen molar-refractivity contribution in [3.63, 3.8) is 0 Å². The van der Waals surface area contributed by atoms with Crippen LogP contribution in [0.2, 0.25) is 0 Å². The molecule has 7 heteroatoms. The van der Waals surface area contributed by atoms with Gasteiger partial charge in [-0.1, -0.05) is 42.5 Å². The number of fused-ring (bicyclic) bond motifs is 1. The quantitative estimate of drug-likeness (QED) is 0.417. The van der Waals surface area contributed by atoms with Gasteiger partial charge in [-0.3, -0.25) is 9.78 Å². The van der Waals surface area contributed by atoms with Crippen LogP contribution in [0.3, 0.4) is 0 Å². The predicted octanol–water partition coefficient (Wildman–Crippen LogP) is 4.83. The van der Waals surface area contributed by atoms with E-state index in [9.17, 15) is 4.79 Å². The number of nitrogens with zero attached hydrogens (tertiary/aromatic N) is 2. The fourth-order valence-corrected chi connectivity index (χ4v) is 4.52. The molecule has 5 rings (SSSR count). The van der Waals surface area contributed by atoms with Crippen LogP contribution in [0.4, 0.5) is 5.69 Å². The molecule has 0 saturated carbocycles. The Morgan fingerprint density at radius 2 is 1.91 bits per heavy atom. The van der Waals surface area contributed by atoms with Crippen LogP contribution in [0.1, 0.15) is 30.0 Å². The number of carbonyl (C=O) groups is 1. The lowest BCUT2D eigenvalue weighted by molar-refractivity contribution is -0.116. The number of rotatable bonds is 6. The zero-order valence-corrected chi connectivity index (χ0v) is 18.1. The van der Waals surface area contributed by atoms with Gasteiger partial charge in [0.25, 0.3) is 0 Å². The first-order valence-electron chi connectivity index (χ1n) is 10.5. The number of nitrogens with one attached hydrogen (secondary N) is 2. The number of hydrogen-bond acceptors (Lipinski definition) is 4. The van der Waals surface area contributed by atoms with Crippen molar-refractivity contribution >= 4 is 39.7 Å². The summed E-state index contributed by atoms with van der Waals surface area (Å²) in [7, 11) is 0. The van der Waals surface area contributed by atoms with E-state index < -0.39 is 0 Å². The highest BCUT2D eigenvalue weighted by molar-refractivity contribution is 7.80. The average Bonchev–Trinajstić information content (AvgIpc) is 3.46. The number of furan rings is 1. The van der Waals surface area contributed by atoms with E-state index in [4.69, 9.17) is 16.6 Å². The molecule has 0 bridgehead atoms. The fourth-order valence-electron chi connectivity index (χ4n) is 4.18. The molecule has 2 atom stereocenters. The van der Waals surface area contributed by atoms with Crippen LogP contribution in [0, 0.1) is 0 Å². The zero-order chi connectivity index (χ0) is 21.9. The standard InChI is InChI=1S/C25H22N4O2S/c30-22(27-19-11-5-8-17-7-1-2-9-18(17)19)13-15-29-24(21-12-6-16-31-21)23(28-25(29)32)20-10-3-4-14-26-20/h1-12,14,16,23-24H,13,15H2,(H,27,30)(H,28,32)/t23-,24-/m0/s1. The number of benzene rings is 2. The van der Waals surface area contributed by atoms with Crippen LogP contribution in [-0.2, 0) is 4.79 Å². The second-order valence-electron chi connectivity index (χ2n) is 7.66. The van der Waals surface area contributed by atoms with E-state index in [1.54, 1.807) is 12.5 Å². The van der Waals surface area contributed by atoms with E-state index in [1.165, 1.54) is 0 Å². The van der Waals surface area contributed by atoms with E-state index in [0.717, 1.165) is 27.9 Å². The maximum Gasteiger partial charge on any atom is 0.226 e. The number of anilines is 1. The normalized spacial score (nSPS) is 18.0. The van der Waals surface area contributed by atoms with Gasteiger partial charge >= 0.3 is 0 Å². The molecular formula is C25H22N4O2S. The number of aromatic nitrogens is 1. The minimum Gasteiger partial charge on any atom is -0.467 e. The Bertz CT molecular complexity index is 1240. The topological polar surface area (TPSA) is 70.4 Å². The number of pyridine rings is 1. The average molecular weight is 443 g/mol. The number of hydrogen-bond donors (Lipinski definition) is 2. The Hall–Kier alpha value is -3.71. The summed E-state index contributed by atoms with van der Waals surface area (Å²) in [5, 5.41) is 9.10. The number of amides is 1. The first-order chi connectivity index (χ1) is 15.7. The first kappa shape index (κ1) is 20.2. The third kappa shape index (κ3) is 3.94. The molecule has 1 fully saturated rings. The fraction of sp³-hybridized carbons (Fsp3) is 0.160. The summed E-state index contributed by atoms with van der Waals surface area (Å²) in [5.41, 5.74) is 1.68. The molecule has 3 heterocycles. The lowest BCUT2D eigenvalue weighted by Gasteiger charge is -2.25.